The largest absolute Gasteiger partial charge is 0.205 e. The lowest BCUT2D eigenvalue weighted by Crippen LogP contribution is -1.80. The molecule has 56 valence electrons. The highest BCUT2D eigenvalue weighted by molar-refractivity contribution is 5.80. The third-order valence-electron chi connectivity index (χ3n) is 1.31. The molecular formula is C9H5N3. The van der Waals surface area contributed by atoms with Crippen molar-refractivity contribution in [2.75, 3.05) is 0 Å². The first-order valence-corrected chi connectivity index (χ1v) is 3.29. The lowest BCUT2D eigenvalue weighted by molar-refractivity contribution is 1.44. The Kier molecular flexibility index (Phi) is 2.59. The highest BCUT2D eigenvalue weighted by atomic mass is 14.7. The van der Waals surface area contributed by atoms with Crippen molar-refractivity contribution in [3.8, 4) is 12.3 Å². The summed E-state index contributed by atoms with van der Waals surface area (Å²) in [4.78, 5) is 3.40. The molecule has 12 heavy (non-hydrogen) atoms. The van der Waals surface area contributed by atoms with E-state index in [1.165, 1.54) is 6.21 Å². The van der Waals surface area contributed by atoms with E-state index >= 15 is 0 Å². The number of nitriles is 2. The van der Waals surface area contributed by atoms with Crippen molar-refractivity contribution in [2.24, 2.45) is 4.99 Å². The monoisotopic (exact) mass is 155 g/mol. The second-order valence-corrected chi connectivity index (χ2v) is 2.09. The summed E-state index contributed by atoms with van der Waals surface area (Å²) in [5.74, 6) is 0. The highest BCUT2D eigenvalue weighted by Gasteiger charge is 1.88. The molecule has 0 aliphatic carbocycles. The summed E-state index contributed by atoms with van der Waals surface area (Å²) in [5.41, 5.74) is 1.42. The van der Waals surface area contributed by atoms with Gasteiger partial charge in [-0.2, -0.15) is 15.5 Å². The SMILES string of the molecule is N#CN=Cc1ccc(C#N)cc1. The summed E-state index contributed by atoms with van der Waals surface area (Å²) in [6.07, 6.45) is 3.09. The number of nitrogens with zero attached hydrogens (tertiary/aromatic N) is 3. The van der Waals surface area contributed by atoms with Gasteiger partial charge in [0.05, 0.1) is 11.6 Å². The van der Waals surface area contributed by atoms with Gasteiger partial charge in [-0.3, -0.25) is 0 Å². The second kappa shape index (κ2) is 3.90. The summed E-state index contributed by atoms with van der Waals surface area (Å²) in [7, 11) is 0. The van der Waals surface area contributed by atoms with Crippen LogP contribution >= 0.6 is 0 Å². The molecule has 0 atom stereocenters. The van der Waals surface area contributed by atoms with Gasteiger partial charge in [0.25, 0.3) is 0 Å². The van der Waals surface area contributed by atoms with E-state index in [9.17, 15) is 0 Å². The van der Waals surface area contributed by atoms with Crippen molar-refractivity contribution in [2.45, 2.75) is 0 Å². The summed E-state index contributed by atoms with van der Waals surface area (Å²) in [5, 5.41) is 16.6. The zero-order valence-electron chi connectivity index (χ0n) is 6.23. The molecule has 0 saturated heterocycles. The average molecular weight is 155 g/mol. The molecule has 1 rings (SSSR count). The van der Waals surface area contributed by atoms with Crippen LogP contribution in [0.15, 0.2) is 29.3 Å². The molecule has 0 saturated carbocycles. The first-order chi connectivity index (χ1) is 5.86. The van der Waals surface area contributed by atoms with Gasteiger partial charge in [0.2, 0.25) is 6.19 Å². The van der Waals surface area contributed by atoms with Crippen LogP contribution in [0.2, 0.25) is 0 Å². The minimum atomic E-state index is 0.601. The molecule has 0 radical (unpaired) electrons. The van der Waals surface area contributed by atoms with Crippen molar-refractivity contribution in [1.82, 2.24) is 0 Å². The third kappa shape index (κ3) is 1.93. The lowest BCUT2D eigenvalue weighted by Gasteiger charge is -1.89. The molecule has 0 spiro atoms. The molecule has 0 fully saturated rings. The van der Waals surface area contributed by atoms with Gasteiger partial charge in [0, 0.05) is 6.21 Å². The fraction of sp³-hybridized carbons (Fsp3) is 0. The molecule has 1 aromatic carbocycles. The fourth-order valence-corrected chi connectivity index (χ4v) is 0.747. The maximum absolute atomic E-state index is 8.47. The molecule has 0 heterocycles. The second-order valence-electron chi connectivity index (χ2n) is 2.09. The van der Waals surface area contributed by atoms with Gasteiger partial charge < -0.3 is 0 Å². The minimum absolute atomic E-state index is 0.601. The van der Waals surface area contributed by atoms with Crippen LogP contribution in [0.25, 0.3) is 0 Å². The van der Waals surface area contributed by atoms with Crippen molar-refractivity contribution < 1.29 is 0 Å². The standard InChI is InChI=1S/C9H5N3/c10-5-8-1-3-9(4-2-8)6-12-7-11/h1-4,6H. The van der Waals surface area contributed by atoms with Crippen LogP contribution in [0.3, 0.4) is 0 Å². The zero-order valence-corrected chi connectivity index (χ0v) is 6.23. The van der Waals surface area contributed by atoms with Crippen LogP contribution in [-0.4, -0.2) is 6.21 Å². The van der Waals surface area contributed by atoms with Crippen molar-refractivity contribution >= 4 is 6.21 Å². The van der Waals surface area contributed by atoms with E-state index in [2.05, 4.69) is 4.99 Å². The Morgan fingerprint density at radius 1 is 1.17 bits per heavy atom. The molecule has 0 aliphatic heterocycles. The van der Waals surface area contributed by atoms with E-state index < -0.39 is 0 Å². The fourth-order valence-electron chi connectivity index (χ4n) is 0.747. The Labute approximate surface area is 70.2 Å². The van der Waals surface area contributed by atoms with Gasteiger partial charge in [0.1, 0.15) is 0 Å². The summed E-state index contributed by atoms with van der Waals surface area (Å²) in [6, 6.07) is 8.83. The number of rotatable bonds is 1. The first kappa shape index (κ1) is 7.97. The maximum Gasteiger partial charge on any atom is 0.205 e. The minimum Gasteiger partial charge on any atom is -0.192 e. The number of hydrogen-bond donors (Lipinski definition) is 0. The molecule has 0 bridgehead atoms. The molecular weight excluding hydrogens is 150 g/mol. The van der Waals surface area contributed by atoms with E-state index in [0.717, 1.165) is 5.56 Å². The zero-order chi connectivity index (χ0) is 8.81. The van der Waals surface area contributed by atoms with Crippen molar-refractivity contribution in [3.05, 3.63) is 35.4 Å². The Hall–Kier alpha value is -2.13. The quantitative estimate of drug-likeness (QED) is 0.455. The topological polar surface area (TPSA) is 59.9 Å². The van der Waals surface area contributed by atoms with Gasteiger partial charge in [-0.05, 0) is 17.7 Å². The number of benzene rings is 1. The third-order valence-corrected chi connectivity index (χ3v) is 1.31. The molecule has 0 aliphatic rings. The van der Waals surface area contributed by atoms with Crippen LogP contribution < -0.4 is 0 Å². The molecule has 0 aromatic heterocycles. The van der Waals surface area contributed by atoms with E-state index in [1.54, 1.807) is 30.5 Å². The van der Waals surface area contributed by atoms with Gasteiger partial charge in [-0.1, -0.05) is 12.1 Å². The maximum atomic E-state index is 8.47. The molecule has 3 heteroatoms. The normalized spacial score (nSPS) is 9.17. The van der Waals surface area contributed by atoms with Gasteiger partial charge >= 0.3 is 0 Å². The smallest absolute Gasteiger partial charge is 0.192 e. The van der Waals surface area contributed by atoms with Gasteiger partial charge in [-0.25, -0.2) is 0 Å². The first-order valence-electron chi connectivity index (χ1n) is 3.29. The summed E-state index contributed by atoms with van der Waals surface area (Å²) < 4.78 is 0. The Bertz CT molecular complexity index is 362. The van der Waals surface area contributed by atoms with Crippen LogP contribution in [0, 0.1) is 22.8 Å². The molecule has 0 unspecified atom stereocenters. The van der Waals surface area contributed by atoms with E-state index in [4.69, 9.17) is 10.5 Å². The van der Waals surface area contributed by atoms with E-state index in [1.807, 2.05) is 6.07 Å². The Morgan fingerprint density at radius 3 is 2.33 bits per heavy atom. The predicted octanol–water partition coefficient (Wildman–Crippen LogP) is 1.46. The lowest BCUT2D eigenvalue weighted by atomic mass is 10.2. The molecule has 1 aromatic rings. The van der Waals surface area contributed by atoms with E-state index in [0.29, 0.717) is 5.56 Å². The molecule has 0 amide bonds. The number of aliphatic imine (C=N–C) groups is 1. The van der Waals surface area contributed by atoms with Crippen molar-refractivity contribution in [1.29, 1.82) is 10.5 Å². The summed E-state index contributed by atoms with van der Waals surface area (Å²) in [6.45, 7) is 0. The predicted molar refractivity (Wildman–Crippen MR) is 44.4 cm³/mol. The van der Waals surface area contributed by atoms with Crippen LogP contribution in [0.4, 0.5) is 0 Å². The number of hydrogen-bond acceptors (Lipinski definition) is 3. The molecule has 0 N–H and O–H groups in total. The van der Waals surface area contributed by atoms with Crippen LogP contribution in [0.5, 0.6) is 0 Å². The van der Waals surface area contributed by atoms with Crippen LogP contribution in [0.1, 0.15) is 11.1 Å². The van der Waals surface area contributed by atoms with Crippen molar-refractivity contribution in [3.63, 3.8) is 0 Å². The average Bonchev–Trinajstić information content (AvgIpc) is 2.15. The Balaban J connectivity index is 2.88. The highest BCUT2D eigenvalue weighted by Crippen LogP contribution is 2.00. The van der Waals surface area contributed by atoms with Gasteiger partial charge in [-0.15, -0.1) is 0 Å². The Morgan fingerprint density at radius 2 is 1.83 bits per heavy atom. The van der Waals surface area contributed by atoms with E-state index in [-0.39, 0.29) is 0 Å². The summed E-state index contributed by atoms with van der Waals surface area (Å²) >= 11 is 0. The molecule has 3 nitrogen and oxygen atoms in total. The van der Waals surface area contributed by atoms with Crippen LogP contribution in [-0.2, 0) is 0 Å². The van der Waals surface area contributed by atoms with Gasteiger partial charge in [0.15, 0.2) is 0 Å².